The Morgan fingerprint density at radius 1 is 0.622 bits per heavy atom. The van der Waals surface area contributed by atoms with E-state index < -0.39 is 0 Å². The molecule has 1 aromatic carbocycles. The molecule has 4 heteroatoms. The van der Waals surface area contributed by atoms with Gasteiger partial charge < -0.3 is 0 Å². The first-order chi connectivity index (χ1) is 17.7. The quantitative estimate of drug-likeness (QED) is 0.371. The van der Waals surface area contributed by atoms with Crippen molar-refractivity contribution in [3.63, 3.8) is 0 Å². The van der Waals surface area contributed by atoms with Gasteiger partial charge in [-0.25, -0.2) is 9.97 Å². The average molecular weight is 533 g/mol. The number of para-hydroxylation sites is 2. The molecule has 1 aromatic heterocycles. The predicted octanol–water partition coefficient (Wildman–Crippen LogP) is 8.21. The van der Waals surface area contributed by atoms with Crippen molar-refractivity contribution < 1.29 is 0 Å². The second-order valence-electron chi connectivity index (χ2n) is 15.7. The lowest BCUT2D eigenvalue weighted by molar-refractivity contribution is 0.0195. The van der Waals surface area contributed by atoms with Crippen LogP contribution < -0.4 is 10.9 Å². The number of hydrogen-bond donors (Lipinski definition) is 0. The third kappa shape index (κ3) is 3.77. The van der Waals surface area contributed by atoms with Crippen molar-refractivity contribution in [2.75, 3.05) is 6.66 Å². The Morgan fingerprint density at radius 3 is 1.32 bits per heavy atom. The fraction of sp³-hybridized carbons (Fsp3) is 0.758. The van der Waals surface area contributed by atoms with Gasteiger partial charge in [0.2, 0.25) is 0 Å². The number of hydrogen-bond acceptors (Lipinski definition) is 2. The van der Waals surface area contributed by atoms with Gasteiger partial charge in [0.25, 0.3) is 0 Å². The van der Waals surface area contributed by atoms with Crippen LogP contribution in [0.25, 0.3) is 11.0 Å². The molecule has 8 saturated carbocycles. The first kappa shape index (κ1) is 24.2. The third-order valence-corrected chi connectivity index (χ3v) is 18.9. The van der Waals surface area contributed by atoms with Gasteiger partial charge in [-0.15, -0.1) is 0 Å². The van der Waals surface area contributed by atoms with E-state index in [4.69, 9.17) is 9.97 Å². The summed E-state index contributed by atoms with van der Waals surface area (Å²) in [4.78, 5) is 11.4. The highest BCUT2D eigenvalue weighted by Crippen LogP contribution is 2.78. The minimum atomic E-state index is -0.383. The van der Waals surface area contributed by atoms with E-state index in [2.05, 4.69) is 51.7 Å². The second-order valence-corrected chi connectivity index (χ2v) is 21.6. The number of rotatable bonds is 4. The van der Waals surface area contributed by atoms with Crippen LogP contribution in [0.4, 0.5) is 0 Å². The molecule has 8 bridgehead atoms. The lowest BCUT2D eigenvalue weighted by atomic mass is 9.55. The molecule has 2 nitrogen and oxygen atoms in total. The molecule has 0 saturated heterocycles. The average Bonchev–Trinajstić information content (AvgIpc) is 2.80. The molecule has 8 fully saturated rings. The highest BCUT2D eigenvalue weighted by atomic mass is 31.1. The SMILES string of the molecule is C[P@](c1nc2ccccc2nc1P(C12CC3CC(CC(C3)C1)C2)C12CC3CC(CC(C3)C1)C2)C(C)(C)C. The standard InChI is InChI=1S/C33H46N2P2/c1-31(2,3)36(4)29-30(35-28-8-6-5-7-27(28)34-29)37(32-15-21-9-22(16-32)11-23(10-21)17-32)33-18-24-12-25(19-33)14-26(13-24)20-33/h5-8,21-26H,9-20H2,1-4H3/t21?,22?,23?,24?,25?,26?,32?,33?,36-,37?/m1/s1. The first-order valence-electron chi connectivity index (χ1n) is 15.5. The molecule has 10 rings (SSSR count). The van der Waals surface area contributed by atoms with E-state index in [-0.39, 0.29) is 21.0 Å². The minimum Gasteiger partial charge on any atom is -0.244 e. The van der Waals surface area contributed by atoms with Crippen LogP contribution >= 0.6 is 15.8 Å². The van der Waals surface area contributed by atoms with Crippen molar-refractivity contribution in [2.24, 2.45) is 35.5 Å². The number of aromatic nitrogens is 2. The monoisotopic (exact) mass is 532 g/mol. The maximum atomic E-state index is 5.81. The van der Waals surface area contributed by atoms with Crippen molar-refractivity contribution >= 4 is 37.7 Å². The number of benzene rings is 1. The molecular weight excluding hydrogens is 486 g/mol. The van der Waals surface area contributed by atoms with E-state index in [0.717, 1.165) is 41.0 Å². The van der Waals surface area contributed by atoms with Crippen molar-refractivity contribution in [1.82, 2.24) is 9.97 Å². The van der Waals surface area contributed by atoms with E-state index in [1.165, 1.54) is 49.5 Å². The molecule has 198 valence electrons. The molecule has 2 aromatic rings. The molecule has 8 aliphatic carbocycles. The van der Waals surface area contributed by atoms with E-state index >= 15 is 0 Å². The summed E-state index contributed by atoms with van der Waals surface area (Å²) in [7, 11) is -0.718. The molecule has 37 heavy (non-hydrogen) atoms. The van der Waals surface area contributed by atoms with Crippen LogP contribution in [0, 0.1) is 35.5 Å². The molecule has 0 aliphatic heterocycles. The Hall–Kier alpha value is -0.580. The lowest BCUT2D eigenvalue weighted by Crippen LogP contribution is -2.59. The molecule has 8 aliphatic rings. The van der Waals surface area contributed by atoms with Crippen LogP contribution in [-0.2, 0) is 0 Å². The van der Waals surface area contributed by atoms with Gasteiger partial charge in [0.15, 0.2) is 0 Å². The summed E-state index contributed by atoms with van der Waals surface area (Å²) >= 11 is 0. The molecular formula is C33H46N2P2. The van der Waals surface area contributed by atoms with E-state index in [0.29, 0.717) is 10.3 Å². The van der Waals surface area contributed by atoms with Gasteiger partial charge in [-0.3, -0.25) is 0 Å². The summed E-state index contributed by atoms with van der Waals surface area (Å²) in [6.45, 7) is 9.90. The topological polar surface area (TPSA) is 25.8 Å². The fourth-order valence-corrected chi connectivity index (χ4v) is 18.3. The van der Waals surface area contributed by atoms with Crippen molar-refractivity contribution in [3.05, 3.63) is 24.3 Å². The van der Waals surface area contributed by atoms with Crippen LogP contribution in [0.15, 0.2) is 24.3 Å². The Labute approximate surface area is 227 Å². The van der Waals surface area contributed by atoms with Gasteiger partial charge >= 0.3 is 0 Å². The summed E-state index contributed by atoms with van der Waals surface area (Å²) in [6, 6.07) is 8.84. The molecule has 0 amide bonds. The maximum absolute atomic E-state index is 5.81. The highest BCUT2D eigenvalue weighted by molar-refractivity contribution is 7.73. The zero-order valence-corrected chi connectivity index (χ0v) is 25.3. The molecule has 0 spiro atoms. The van der Waals surface area contributed by atoms with Crippen molar-refractivity contribution in [3.8, 4) is 0 Å². The molecule has 0 N–H and O–H groups in total. The van der Waals surface area contributed by atoms with Crippen LogP contribution in [0.3, 0.4) is 0 Å². The Morgan fingerprint density at radius 2 is 0.973 bits per heavy atom. The minimum absolute atomic E-state index is 0.255. The van der Waals surface area contributed by atoms with Crippen LogP contribution in [0.1, 0.15) is 97.8 Å². The van der Waals surface area contributed by atoms with Gasteiger partial charge in [-0.1, -0.05) is 40.8 Å². The van der Waals surface area contributed by atoms with Gasteiger partial charge in [0, 0.05) is 0 Å². The zero-order valence-electron chi connectivity index (χ0n) is 23.5. The van der Waals surface area contributed by atoms with E-state index in [1.54, 1.807) is 44.0 Å². The molecule has 1 heterocycles. The lowest BCUT2D eigenvalue weighted by Gasteiger charge is -2.67. The Bertz CT molecular complexity index is 1110. The molecule has 0 radical (unpaired) electrons. The molecule has 0 unspecified atom stereocenters. The summed E-state index contributed by atoms with van der Waals surface area (Å²) in [5.74, 6) is 6.04. The van der Waals surface area contributed by atoms with E-state index in [9.17, 15) is 0 Å². The third-order valence-electron chi connectivity index (χ3n) is 12.0. The fourth-order valence-electron chi connectivity index (χ4n) is 11.3. The van der Waals surface area contributed by atoms with Crippen molar-refractivity contribution in [2.45, 2.75) is 113 Å². The Kier molecular flexibility index (Phi) is 5.39. The van der Waals surface area contributed by atoms with Gasteiger partial charge in [0.1, 0.15) is 0 Å². The smallest absolute Gasteiger partial charge is 0.0908 e. The molecule has 1 atom stereocenters. The Balaban J connectivity index is 1.37. The van der Waals surface area contributed by atoms with Crippen molar-refractivity contribution in [1.29, 1.82) is 0 Å². The second kappa shape index (κ2) is 8.23. The van der Waals surface area contributed by atoms with Crippen LogP contribution in [-0.4, -0.2) is 32.1 Å². The summed E-state index contributed by atoms with van der Waals surface area (Å²) in [6.07, 6.45) is 18.4. The first-order valence-corrected chi connectivity index (χ1v) is 18.6. The largest absolute Gasteiger partial charge is 0.244 e. The predicted molar refractivity (Wildman–Crippen MR) is 160 cm³/mol. The van der Waals surface area contributed by atoms with Crippen LogP contribution in [0.2, 0.25) is 0 Å². The normalized spacial score (nSPS) is 43.5. The highest BCUT2D eigenvalue weighted by Gasteiger charge is 2.64. The van der Waals surface area contributed by atoms with Gasteiger partial charge in [-0.05, 0) is 155 Å². The maximum Gasteiger partial charge on any atom is 0.0908 e. The summed E-state index contributed by atoms with van der Waals surface area (Å²) < 4.78 is 0. The van der Waals surface area contributed by atoms with E-state index in [1.807, 2.05) is 0 Å². The summed E-state index contributed by atoms with van der Waals surface area (Å²) in [5, 5.41) is 1.36. The van der Waals surface area contributed by atoms with Gasteiger partial charge in [0.05, 0.1) is 21.9 Å². The number of nitrogens with zero attached hydrogens (tertiary/aromatic N) is 2. The van der Waals surface area contributed by atoms with Gasteiger partial charge in [-0.2, -0.15) is 0 Å². The summed E-state index contributed by atoms with van der Waals surface area (Å²) in [5.41, 5.74) is 5.33. The van der Waals surface area contributed by atoms with Crippen LogP contribution in [0.5, 0.6) is 0 Å². The number of fused-ring (bicyclic) bond motifs is 1. The zero-order chi connectivity index (χ0) is 25.2.